The number of rotatable bonds is 7. The molecule has 2 heterocycles. The van der Waals surface area contributed by atoms with Gasteiger partial charge in [-0.05, 0) is 93.5 Å². The van der Waals surface area contributed by atoms with E-state index in [-0.39, 0.29) is 0 Å². The molecule has 2 nitrogen and oxygen atoms in total. The van der Waals surface area contributed by atoms with Gasteiger partial charge in [-0.1, -0.05) is 158 Å². The van der Waals surface area contributed by atoms with Crippen LogP contribution in [-0.4, -0.2) is 0 Å². The van der Waals surface area contributed by atoms with Crippen molar-refractivity contribution >= 4 is 70.5 Å². The Balaban J connectivity index is 1.08. The van der Waals surface area contributed by atoms with Crippen LogP contribution in [0, 0.1) is 0 Å². The van der Waals surface area contributed by atoms with Crippen LogP contribution in [0.1, 0.15) is 0 Å². The predicted molar refractivity (Wildman–Crippen MR) is 243 cm³/mol. The third-order valence-electron chi connectivity index (χ3n) is 11.1. The Morgan fingerprint density at radius 3 is 1.68 bits per heavy atom. The highest BCUT2D eigenvalue weighted by molar-refractivity contribution is 7.25. The zero-order chi connectivity index (χ0) is 37.7. The van der Waals surface area contributed by atoms with Crippen molar-refractivity contribution < 1.29 is 4.42 Å². The molecule has 0 saturated carbocycles. The molecule has 0 amide bonds. The molecule has 11 rings (SSSR count). The van der Waals surface area contributed by atoms with Crippen LogP contribution in [0.25, 0.3) is 86.6 Å². The number of thiophene rings is 1. The second kappa shape index (κ2) is 13.8. The van der Waals surface area contributed by atoms with Gasteiger partial charge in [-0.3, -0.25) is 0 Å². The van der Waals surface area contributed by atoms with E-state index in [4.69, 9.17) is 4.42 Å². The van der Waals surface area contributed by atoms with Gasteiger partial charge >= 0.3 is 0 Å². The molecule has 11 aromatic rings. The molecule has 57 heavy (non-hydrogen) atoms. The average Bonchev–Trinajstić information content (AvgIpc) is 3.85. The third kappa shape index (κ3) is 5.80. The van der Waals surface area contributed by atoms with Gasteiger partial charge in [-0.2, -0.15) is 0 Å². The molecular formula is C54H35NOS. The monoisotopic (exact) mass is 745 g/mol. The topological polar surface area (TPSA) is 16.4 Å². The SMILES string of the molecule is c1ccc(-c2ccccc2-c2ccccc2-c2ccccc2N(c2ccc(-c3ccc4c(c3)sc3ccccc34)cc2)c2ccc3oc4ccccc4c3c2)cc1. The molecule has 0 N–H and O–H groups in total. The minimum Gasteiger partial charge on any atom is -0.456 e. The quantitative estimate of drug-likeness (QED) is 0.162. The Morgan fingerprint density at radius 1 is 0.316 bits per heavy atom. The minimum absolute atomic E-state index is 0.878. The van der Waals surface area contributed by atoms with Gasteiger partial charge in [-0.15, -0.1) is 11.3 Å². The van der Waals surface area contributed by atoms with Gasteiger partial charge in [0.15, 0.2) is 0 Å². The largest absolute Gasteiger partial charge is 0.456 e. The van der Waals surface area contributed by atoms with Crippen LogP contribution >= 0.6 is 11.3 Å². The Hall–Kier alpha value is -7.20. The molecule has 0 aliphatic carbocycles. The molecule has 0 unspecified atom stereocenters. The molecule has 0 atom stereocenters. The zero-order valence-electron chi connectivity index (χ0n) is 31.0. The third-order valence-corrected chi connectivity index (χ3v) is 12.3. The highest BCUT2D eigenvalue weighted by Crippen LogP contribution is 2.46. The van der Waals surface area contributed by atoms with E-state index >= 15 is 0 Å². The van der Waals surface area contributed by atoms with Crippen molar-refractivity contribution in [3.05, 3.63) is 212 Å². The molecule has 0 bridgehead atoms. The summed E-state index contributed by atoms with van der Waals surface area (Å²) in [5.74, 6) is 0. The number of furan rings is 1. The molecule has 268 valence electrons. The molecule has 0 saturated heterocycles. The number of fused-ring (bicyclic) bond motifs is 6. The summed E-state index contributed by atoms with van der Waals surface area (Å²) in [6.45, 7) is 0. The minimum atomic E-state index is 0.878. The summed E-state index contributed by atoms with van der Waals surface area (Å²) in [6.07, 6.45) is 0. The van der Waals surface area contributed by atoms with Crippen molar-refractivity contribution in [3.8, 4) is 44.5 Å². The van der Waals surface area contributed by atoms with E-state index in [1.54, 1.807) is 0 Å². The van der Waals surface area contributed by atoms with Gasteiger partial charge < -0.3 is 9.32 Å². The summed E-state index contributed by atoms with van der Waals surface area (Å²) in [5.41, 5.74) is 14.5. The van der Waals surface area contributed by atoms with Crippen LogP contribution < -0.4 is 4.90 Å². The fourth-order valence-corrected chi connectivity index (χ4v) is 9.57. The van der Waals surface area contributed by atoms with E-state index in [0.29, 0.717) is 0 Å². The Bertz CT molecular complexity index is 3250. The van der Waals surface area contributed by atoms with Crippen molar-refractivity contribution in [3.63, 3.8) is 0 Å². The van der Waals surface area contributed by atoms with Crippen molar-refractivity contribution in [2.75, 3.05) is 4.90 Å². The molecule has 0 aliphatic rings. The first-order valence-corrected chi connectivity index (χ1v) is 20.1. The van der Waals surface area contributed by atoms with Gasteiger partial charge in [-0.25, -0.2) is 0 Å². The molecule has 3 heteroatoms. The second-order valence-electron chi connectivity index (χ2n) is 14.4. The Kier molecular flexibility index (Phi) is 8.04. The molecule has 9 aromatic carbocycles. The van der Waals surface area contributed by atoms with E-state index in [1.165, 1.54) is 59.1 Å². The lowest BCUT2D eigenvalue weighted by atomic mass is 9.88. The number of anilines is 3. The van der Waals surface area contributed by atoms with Crippen LogP contribution in [0.4, 0.5) is 17.1 Å². The first-order chi connectivity index (χ1) is 28.3. The van der Waals surface area contributed by atoms with Gasteiger partial charge in [0, 0.05) is 47.9 Å². The molecule has 2 aromatic heterocycles. The summed E-state index contributed by atoms with van der Waals surface area (Å²) in [5, 5.41) is 4.84. The maximum atomic E-state index is 6.30. The number of hydrogen-bond donors (Lipinski definition) is 0. The standard InChI is InChI=1S/C54H35NOS/c1-2-14-37(15-3-1)41-16-4-5-17-42(41)43-18-6-7-19-44(43)45-20-8-11-23-50(45)55(40-31-33-52-49(35-40)46-21-9-12-24-51(46)56-52)39-29-26-36(27-30-39)38-28-32-48-47-22-10-13-25-53(47)57-54(48)34-38/h1-35H. The summed E-state index contributed by atoms with van der Waals surface area (Å²) in [7, 11) is 0. The lowest BCUT2D eigenvalue weighted by Crippen LogP contribution is -2.11. The van der Waals surface area contributed by atoms with Gasteiger partial charge in [0.25, 0.3) is 0 Å². The highest BCUT2D eigenvalue weighted by atomic mass is 32.1. The van der Waals surface area contributed by atoms with Crippen LogP contribution in [-0.2, 0) is 0 Å². The first kappa shape index (κ1) is 33.2. The summed E-state index contributed by atoms with van der Waals surface area (Å²) < 4.78 is 8.93. The maximum Gasteiger partial charge on any atom is 0.135 e. The number of hydrogen-bond acceptors (Lipinski definition) is 3. The Morgan fingerprint density at radius 2 is 0.877 bits per heavy atom. The van der Waals surface area contributed by atoms with Crippen LogP contribution in [0.3, 0.4) is 0 Å². The van der Waals surface area contributed by atoms with Crippen LogP contribution in [0.2, 0.25) is 0 Å². The van der Waals surface area contributed by atoms with Crippen LogP contribution in [0.5, 0.6) is 0 Å². The summed E-state index contributed by atoms with van der Waals surface area (Å²) >= 11 is 1.86. The number of para-hydroxylation sites is 2. The van der Waals surface area contributed by atoms with Crippen molar-refractivity contribution in [1.82, 2.24) is 0 Å². The highest BCUT2D eigenvalue weighted by Gasteiger charge is 2.21. The van der Waals surface area contributed by atoms with Gasteiger partial charge in [0.05, 0.1) is 5.69 Å². The smallest absolute Gasteiger partial charge is 0.135 e. The fraction of sp³-hybridized carbons (Fsp3) is 0. The van der Waals surface area contributed by atoms with E-state index < -0.39 is 0 Å². The molecule has 0 aliphatic heterocycles. The van der Waals surface area contributed by atoms with E-state index in [0.717, 1.165) is 44.6 Å². The molecule has 0 spiro atoms. The summed E-state index contributed by atoms with van der Waals surface area (Å²) in [4.78, 5) is 2.40. The average molecular weight is 746 g/mol. The predicted octanol–water partition coefficient (Wildman–Crippen LogP) is 16.1. The number of nitrogens with zero attached hydrogens (tertiary/aromatic N) is 1. The van der Waals surface area contributed by atoms with Crippen LogP contribution in [0.15, 0.2) is 217 Å². The van der Waals surface area contributed by atoms with Gasteiger partial charge in [0.1, 0.15) is 11.2 Å². The van der Waals surface area contributed by atoms with Crippen molar-refractivity contribution in [1.29, 1.82) is 0 Å². The van der Waals surface area contributed by atoms with Gasteiger partial charge in [0.2, 0.25) is 0 Å². The zero-order valence-corrected chi connectivity index (χ0v) is 31.8. The number of benzene rings is 9. The molecule has 0 fully saturated rings. The summed E-state index contributed by atoms with van der Waals surface area (Å²) in [6, 6.07) is 76.5. The Labute approximate surface area is 335 Å². The maximum absolute atomic E-state index is 6.30. The first-order valence-electron chi connectivity index (χ1n) is 19.3. The second-order valence-corrected chi connectivity index (χ2v) is 15.5. The lowest BCUT2D eigenvalue weighted by Gasteiger charge is -2.29. The van der Waals surface area contributed by atoms with Crippen molar-refractivity contribution in [2.45, 2.75) is 0 Å². The van der Waals surface area contributed by atoms with E-state index in [9.17, 15) is 0 Å². The fourth-order valence-electron chi connectivity index (χ4n) is 8.43. The van der Waals surface area contributed by atoms with E-state index in [1.807, 2.05) is 23.5 Å². The van der Waals surface area contributed by atoms with Crippen molar-refractivity contribution in [2.24, 2.45) is 0 Å². The van der Waals surface area contributed by atoms with E-state index in [2.05, 4.69) is 205 Å². The molecular weight excluding hydrogens is 711 g/mol. The lowest BCUT2D eigenvalue weighted by molar-refractivity contribution is 0.669. The molecule has 0 radical (unpaired) electrons. The normalized spacial score (nSPS) is 11.5.